The molecule has 0 amide bonds. The average molecular weight is 370 g/mol. The Morgan fingerprint density at radius 1 is 1.23 bits per heavy atom. The van der Waals surface area contributed by atoms with Crippen LogP contribution in [0.3, 0.4) is 0 Å². The van der Waals surface area contributed by atoms with Crippen molar-refractivity contribution in [2.45, 2.75) is 57.7 Å². The molecule has 1 fully saturated rings. The van der Waals surface area contributed by atoms with Gasteiger partial charge < -0.3 is 9.30 Å². The molecule has 138 valence electrons. The Bertz CT molecular complexity index is 891. The molecule has 3 aromatic heterocycles. The van der Waals surface area contributed by atoms with Crippen molar-refractivity contribution >= 4 is 19.1 Å². The molecule has 0 radical (unpaired) electrons. The van der Waals surface area contributed by atoms with Gasteiger partial charge >= 0.3 is 0 Å². The highest BCUT2D eigenvalue weighted by atomic mass is 28.3. The van der Waals surface area contributed by atoms with E-state index >= 15 is 0 Å². The Balaban J connectivity index is 1.52. The molecule has 7 heteroatoms. The normalized spacial score (nSPS) is 15.5. The zero-order valence-electron chi connectivity index (χ0n) is 15.9. The molecule has 4 rings (SSSR count). The molecule has 0 N–H and O–H groups in total. The lowest BCUT2D eigenvalue weighted by Crippen LogP contribution is -2.22. The summed E-state index contributed by atoms with van der Waals surface area (Å²) in [6.45, 7) is 8.44. The fraction of sp³-hybridized carbons (Fsp3) is 0.526. The third kappa shape index (κ3) is 3.59. The van der Waals surface area contributed by atoms with Crippen molar-refractivity contribution in [3.05, 3.63) is 31.0 Å². The van der Waals surface area contributed by atoms with Gasteiger partial charge in [-0.15, -0.1) is 0 Å². The van der Waals surface area contributed by atoms with Crippen LogP contribution >= 0.6 is 0 Å². The molecule has 0 saturated heterocycles. The summed E-state index contributed by atoms with van der Waals surface area (Å²) in [4.78, 5) is 9.00. The quantitative estimate of drug-likeness (QED) is 0.459. The first-order valence-electron chi connectivity index (χ1n) is 9.43. The van der Waals surface area contributed by atoms with E-state index in [4.69, 9.17) is 4.74 Å². The highest BCUT2D eigenvalue weighted by Gasteiger charge is 2.21. The van der Waals surface area contributed by atoms with Gasteiger partial charge in [0.25, 0.3) is 0 Å². The largest absolute Gasteiger partial charge is 0.361 e. The van der Waals surface area contributed by atoms with Crippen LogP contribution in [0.1, 0.15) is 25.3 Å². The Morgan fingerprint density at radius 2 is 2.08 bits per heavy atom. The lowest BCUT2D eigenvalue weighted by Gasteiger charge is -2.25. The van der Waals surface area contributed by atoms with Gasteiger partial charge in [-0.25, -0.2) is 9.97 Å². The Morgan fingerprint density at radius 3 is 2.81 bits per heavy atom. The van der Waals surface area contributed by atoms with E-state index in [-0.39, 0.29) is 0 Å². The predicted octanol–water partition coefficient (Wildman–Crippen LogP) is 4.33. The van der Waals surface area contributed by atoms with Gasteiger partial charge in [0.05, 0.1) is 17.9 Å². The minimum absolute atomic E-state index is 0.534. The van der Waals surface area contributed by atoms with Crippen LogP contribution in [0.4, 0.5) is 0 Å². The summed E-state index contributed by atoms with van der Waals surface area (Å²) >= 11 is 0. The van der Waals surface area contributed by atoms with Crippen molar-refractivity contribution in [3.63, 3.8) is 0 Å². The van der Waals surface area contributed by atoms with Gasteiger partial charge in [0.1, 0.15) is 18.7 Å². The molecular formula is C19H27N5OSi. The molecule has 26 heavy (non-hydrogen) atoms. The van der Waals surface area contributed by atoms with Crippen LogP contribution in [0.15, 0.2) is 31.0 Å². The van der Waals surface area contributed by atoms with Crippen molar-refractivity contribution < 1.29 is 4.74 Å². The topological polar surface area (TPSA) is 57.8 Å². The summed E-state index contributed by atoms with van der Waals surface area (Å²) in [6.07, 6.45) is 11.5. The molecule has 1 aliphatic rings. The smallest absolute Gasteiger partial charge is 0.145 e. The molecule has 1 aliphatic carbocycles. The predicted molar refractivity (Wildman–Crippen MR) is 106 cm³/mol. The van der Waals surface area contributed by atoms with Gasteiger partial charge in [-0.1, -0.05) is 19.6 Å². The van der Waals surface area contributed by atoms with Crippen LogP contribution in [-0.4, -0.2) is 39.0 Å². The molecule has 0 spiro atoms. The Labute approximate surface area is 155 Å². The lowest BCUT2D eigenvalue weighted by atomic mass is 9.93. The van der Waals surface area contributed by atoms with E-state index in [0.29, 0.717) is 12.8 Å². The van der Waals surface area contributed by atoms with E-state index in [9.17, 15) is 0 Å². The van der Waals surface area contributed by atoms with Gasteiger partial charge in [-0.2, -0.15) is 5.10 Å². The summed E-state index contributed by atoms with van der Waals surface area (Å²) in [7, 11) is -1.06. The van der Waals surface area contributed by atoms with Crippen LogP contribution in [0.25, 0.3) is 22.3 Å². The molecule has 3 aromatic rings. The van der Waals surface area contributed by atoms with Crippen LogP contribution in [0.2, 0.25) is 25.7 Å². The number of fused-ring (bicyclic) bond motifs is 1. The van der Waals surface area contributed by atoms with Gasteiger partial charge in [-0.05, 0) is 31.4 Å². The maximum atomic E-state index is 5.89. The second-order valence-corrected chi connectivity index (χ2v) is 14.0. The molecule has 3 heterocycles. The van der Waals surface area contributed by atoms with E-state index in [1.807, 2.05) is 12.4 Å². The van der Waals surface area contributed by atoms with Crippen molar-refractivity contribution in [2.24, 2.45) is 0 Å². The molecule has 0 atom stereocenters. The summed E-state index contributed by atoms with van der Waals surface area (Å²) in [5.74, 6) is 0. The van der Waals surface area contributed by atoms with Crippen LogP contribution in [-0.2, 0) is 11.5 Å². The average Bonchev–Trinajstić information content (AvgIpc) is 3.16. The third-order valence-electron chi connectivity index (χ3n) is 5.11. The first-order valence-corrected chi connectivity index (χ1v) is 13.1. The number of aromatic nitrogens is 5. The molecule has 1 saturated carbocycles. The first kappa shape index (κ1) is 17.4. The molecule has 0 aromatic carbocycles. The maximum Gasteiger partial charge on any atom is 0.145 e. The van der Waals surface area contributed by atoms with Crippen molar-refractivity contribution in [3.8, 4) is 11.3 Å². The number of hydrogen-bond donors (Lipinski definition) is 0. The summed E-state index contributed by atoms with van der Waals surface area (Å²) in [5, 5.41) is 5.59. The highest BCUT2D eigenvalue weighted by Crippen LogP contribution is 2.33. The summed E-state index contributed by atoms with van der Waals surface area (Å²) in [5.41, 5.74) is 2.92. The lowest BCUT2D eigenvalue weighted by molar-refractivity contribution is 0.0899. The second-order valence-electron chi connectivity index (χ2n) is 8.39. The van der Waals surface area contributed by atoms with E-state index in [1.165, 1.54) is 25.3 Å². The third-order valence-corrected chi connectivity index (χ3v) is 6.81. The molecule has 0 aliphatic heterocycles. The van der Waals surface area contributed by atoms with Gasteiger partial charge in [0.15, 0.2) is 0 Å². The van der Waals surface area contributed by atoms with E-state index in [2.05, 4.69) is 56.2 Å². The zero-order chi connectivity index (χ0) is 18.1. The van der Waals surface area contributed by atoms with Gasteiger partial charge in [-0.3, -0.25) is 4.68 Å². The molecule has 0 unspecified atom stereocenters. The van der Waals surface area contributed by atoms with Gasteiger partial charge in [0.2, 0.25) is 0 Å². The first-order chi connectivity index (χ1) is 12.5. The molecule has 6 nitrogen and oxygen atoms in total. The Kier molecular flexibility index (Phi) is 4.66. The standard InChI is InChI=1S/C19H27N5OSi/c1-26(2,3)10-9-25-14-23-8-7-17-18(20-13-21-19(17)23)15-11-22-24(12-15)16-5-4-6-16/h7-8,11-13,16H,4-6,9-10,14H2,1-3H3. The number of ether oxygens (including phenoxy) is 1. The van der Waals surface area contributed by atoms with Crippen LogP contribution < -0.4 is 0 Å². The number of nitrogens with zero attached hydrogens (tertiary/aromatic N) is 5. The molecule has 0 bridgehead atoms. The second kappa shape index (κ2) is 6.96. The molecular weight excluding hydrogens is 342 g/mol. The van der Waals surface area contributed by atoms with E-state index in [0.717, 1.165) is 28.9 Å². The fourth-order valence-electron chi connectivity index (χ4n) is 3.19. The van der Waals surface area contributed by atoms with E-state index < -0.39 is 8.07 Å². The van der Waals surface area contributed by atoms with Crippen molar-refractivity contribution in [1.82, 2.24) is 24.3 Å². The van der Waals surface area contributed by atoms with Crippen molar-refractivity contribution in [2.75, 3.05) is 6.61 Å². The SMILES string of the molecule is C[Si](C)(C)CCOCn1ccc2c(-c3cnn(C4CCC4)c3)ncnc21. The maximum absolute atomic E-state index is 5.89. The monoisotopic (exact) mass is 369 g/mol. The highest BCUT2D eigenvalue weighted by molar-refractivity contribution is 6.76. The zero-order valence-corrected chi connectivity index (χ0v) is 16.9. The Hall–Kier alpha value is -1.99. The van der Waals surface area contributed by atoms with E-state index in [1.54, 1.807) is 6.33 Å². The summed E-state index contributed by atoms with van der Waals surface area (Å²) in [6, 6.07) is 3.81. The fourth-order valence-corrected chi connectivity index (χ4v) is 3.95. The number of hydrogen-bond acceptors (Lipinski definition) is 4. The number of rotatable bonds is 7. The summed E-state index contributed by atoms with van der Waals surface area (Å²) < 4.78 is 10.0. The minimum atomic E-state index is -1.06. The minimum Gasteiger partial charge on any atom is -0.361 e. The van der Waals surface area contributed by atoms with Crippen LogP contribution in [0, 0.1) is 0 Å². The van der Waals surface area contributed by atoms with Crippen LogP contribution in [0.5, 0.6) is 0 Å². The van der Waals surface area contributed by atoms with Gasteiger partial charge in [0, 0.05) is 38.0 Å². The van der Waals surface area contributed by atoms with Crippen molar-refractivity contribution in [1.29, 1.82) is 0 Å².